The Bertz CT molecular complexity index is 2850. The molecule has 60 heavy (non-hydrogen) atoms. The van der Waals surface area contributed by atoms with Gasteiger partial charge < -0.3 is 14.4 Å². The summed E-state index contributed by atoms with van der Waals surface area (Å²) in [7, 11) is 0. The van der Waals surface area contributed by atoms with Crippen molar-refractivity contribution in [2.75, 3.05) is 4.90 Å². The zero-order valence-electron chi connectivity index (χ0n) is 33.5. The molecule has 0 N–H and O–H groups in total. The number of fused-ring (bicyclic) bond motifs is 4. The fourth-order valence-corrected chi connectivity index (χ4v) is 9.30. The number of ether oxygens (including phenoxy) is 2. The van der Waals surface area contributed by atoms with E-state index in [1.165, 1.54) is 44.5 Å². The largest absolute Gasteiger partial charge is 0.458 e. The van der Waals surface area contributed by atoms with E-state index in [1.807, 2.05) is 0 Å². The van der Waals surface area contributed by atoms with Crippen LogP contribution in [-0.2, 0) is 0 Å². The predicted octanol–water partition coefficient (Wildman–Crippen LogP) is 13.2. The molecule has 3 nitrogen and oxygen atoms in total. The van der Waals surface area contributed by atoms with Crippen LogP contribution in [0, 0.1) is 13.8 Å². The van der Waals surface area contributed by atoms with Gasteiger partial charge in [-0.05, 0) is 117 Å². The molecule has 2 heterocycles. The van der Waals surface area contributed by atoms with Crippen molar-refractivity contribution in [2.45, 2.75) is 13.8 Å². The molecule has 11 rings (SSSR count). The van der Waals surface area contributed by atoms with Crippen molar-refractivity contribution in [2.24, 2.45) is 0 Å². The van der Waals surface area contributed by atoms with Crippen LogP contribution in [0.3, 0.4) is 0 Å². The quantitative estimate of drug-likeness (QED) is 0.151. The van der Waals surface area contributed by atoms with Crippen LogP contribution in [0.15, 0.2) is 206 Å². The molecule has 0 unspecified atom stereocenters. The lowest BCUT2D eigenvalue weighted by Gasteiger charge is -2.35. The van der Waals surface area contributed by atoms with Crippen molar-refractivity contribution in [3.05, 3.63) is 217 Å². The van der Waals surface area contributed by atoms with E-state index in [4.69, 9.17) is 9.47 Å². The van der Waals surface area contributed by atoms with Gasteiger partial charge in [-0.2, -0.15) is 0 Å². The van der Waals surface area contributed by atoms with Crippen molar-refractivity contribution < 1.29 is 9.47 Å². The van der Waals surface area contributed by atoms with Crippen LogP contribution in [0.5, 0.6) is 23.0 Å². The number of hydrogen-bond acceptors (Lipinski definition) is 3. The molecule has 4 heteroatoms. The van der Waals surface area contributed by atoms with E-state index >= 15 is 0 Å². The van der Waals surface area contributed by atoms with E-state index in [1.54, 1.807) is 0 Å². The maximum Gasteiger partial charge on any atom is 0.260 e. The molecule has 9 aromatic carbocycles. The highest BCUT2D eigenvalue weighted by Crippen LogP contribution is 2.44. The van der Waals surface area contributed by atoms with Gasteiger partial charge in [0, 0.05) is 29.0 Å². The van der Waals surface area contributed by atoms with Gasteiger partial charge in [-0.1, -0.05) is 158 Å². The summed E-state index contributed by atoms with van der Waals surface area (Å²) in [5, 5.41) is 0. The topological polar surface area (TPSA) is 21.7 Å². The molecule has 9 aromatic rings. The second-order valence-corrected chi connectivity index (χ2v) is 15.7. The molecule has 0 saturated heterocycles. The number of nitrogens with zero attached hydrogens (tertiary/aromatic N) is 1. The fraction of sp³-hybridized carbons (Fsp3) is 0.0357. The summed E-state index contributed by atoms with van der Waals surface area (Å²) in [5.74, 6) is 3.30. The Balaban J connectivity index is 1.08. The number of benzene rings is 9. The van der Waals surface area contributed by atoms with Gasteiger partial charge in [0.25, 0.3) is 6.71 Å². The smallest absolute Gasteiger partial charge is 0.260 e. The highest BCUT2D eigenvalue weighted by atomic mass is 16.5. The molecule has 0 fully saturated rings. The molecule has 0 aliphatic carbocycles. The summed E-state index contributed by atoms with van der Waals surface area (Å²) in [6.45, 7) is 4.35. The predicted molar refractivity (Wildman–Crippen MR) is 250 cm³/mol. The Hall–Kier alpha value is -7.56. The van der Waals surface area contributed by atoms with Gasteiger partial charge in [0.2, 0.25) is 0 Å². The Morgan fingerprint density at radius 1 is 0.333 bits per heavy atom. The first-order valence-corrected chi connectivity index (χ1v) is 20.6. The number of anilines is 3. The Labute approximate surface area is 351 Å². The standard InChI is InChI=1S/C56H40BNO2/c1-37-46(39-17-7-3-8-18-39)25-15-27-48(37)41-29-31-50-52(33-41)59-54-35-45(58(43-21-11-5-12-22-43)44-23-13-6-14-24-44)36-55-56(54)57(50)51-32-30-42(34-53(51)60-55)49-28-16-26-47(38(49)2)40-19-9-4-10-20-40/h3-36H,1-2H3. The van der Waals surface area contributed by atoms with Gasteiger partial charge >= 0.3 is 0 Å². The summed E-state index contributed by atoms with van der Waals surface area (Å²) in [6, 6.07) is 73.3. The van der Waals surface area contributed by atoms with E-state index in [-0.39, 0.29) is 6.71 Å². The third-order valence-electron chi connectivity index (χ3n) is 12.2. The van der Waals surface area contributed by atoms with E-state index in [0.717, 1.165) is 67.6 Å². The lowest BCUT2D eigenvalue weighted by molar-refractivity contribution is 0.465. The minimum Gasteiger partial charge on any atom is -0.458 e. The molecule has 0 atom stereocenters. The van der Waals surface area contributed by atoms with Crippen molar-refractivity contribution in [1.82, 2.24) is 0 Å². The molecule has 0 saturated carbocycles. The molecular formula is C56H40BNO2. The van der Waals surface area contributed by atoms with Gasteiger partial charge in [-0.25, -0.2) is 0 Å². The Morgan fingerprint density at radius 3 is 1.13 bits per heavy atom. The van der Waals surface area contributed by atoms with Crippen LogP contribution in [0.1, 0.15) is 11.1 Å². The molecule has 2 aliphatic heterocycles. The van der Waals surface area contributed by atoms with E-state index in [0.29, 0.717) is 0 Å². The maximum absolute atomic E-state index is 7.08. The van der Waals surface area contributed by atoms with Crippen LogP contribution < -0.4 is 30.8 Å². The number of rotatable bonds is 7. The SMILES string of the molecule is Cc1c(-c2ccccc2)cccc1-c1ccc2c(c1)Oc1cc(N(c3ccccc3)c3ccccc3)cc3c1B2c1ccc(-c2cccc(-c4ccccc4)c2C)cc1O3. The van der Waals surface area contributed by atoms with Crippen LogP contribution >= 0.6 is 0 Å². The zero-order valence-corrected chi connectivity index (χ0v) is 33.5. The lowest BCUT2D eigenvalue weighted by Crippen LogP contribution is -2.57. The molecular weight excluding hydrogens is 729 g/mol. The van der Waals surface area contributed by atoms with Crippen molar-refractivity contribution in [3.63, 3.8) is 0 Å². The molecule has 284 valence electrons. The van der Waals surface area contributed by atoms with Crippen molar-refractivity contribution in [3.8, 4) is 67.5 Å². The second kappa shape index (κ2) is 14.7. The van der Waals surface area contributed by atoms with Crippen LogP contribution in [0.25, 0.3) is 44.5 Å². The van der Waals surface area contributed by atoms with Gasteiger partial charge in [-0.15, -0.1) is 0 Å². The first kappa shape index (κ1) is 35.6. The molecule has 0 bridgehead atoms. The van der Waals surface area contributed by atoms with Gasteiger partial charge in [-0.3, -0.25) is 0 Å². The summed E-state index contributed by atoms with van der Waals surface area (Å²) in [5.41, 5.74) is 18.3. The zero-order chi connectivity index (χ0) is 40.2. The highest BCUT2D eigenvalue weighted by Gasteiger charge is 2.41. The number of hydrogen-bond donors (Lipinski definition) is 0. The van der Waals surface area contributed by atoms with Crippen molar-refractivity contribution >= 4 is 40.2 Å². The van der Waals surface area contributed by atoms with E-state index in [9.17, 15) is 0 Å². The molecule has 0 radical (unpaired) electrons. The van der Waals surface area contributed by atoms with Gasteiger partial charge in [0.15, 0.2) is 0 Å². The van der Waals surface area contributed by atoms with Crippen LogP contribution in [0.2, 0.25) is 0 Å². The van der Waals surface area contributed by atoms with Crippen LogP contribution in [-0.4, -0.2) is 6.71 Å². The minimum absolute atomic E-state index is 0.0879. The van der Waals surface area contributed by atoms with E-state index < -0.39 is 0 Å². The molecule has 0 aromatic heterocycles. The van der Waals surface area contributed by atoms with Gasteiger partial charge in [0.05, 0.1) is 5.69 Å². The average Bonchev–Trinajstić information content (AvgIpc) is 3.30. The summed E-state index contributed by atoms with van der Waals surface area (Å²) in [4.78, 5) is 2.27. The molecule has 2 aliphatic rings. The normalized spacial score (nSPS) is 12.1. The fourth-order valence-electron chi connectivity index (χ4n) is 9.30. The third kappa shape index (κ3) is 6.08. The molecule has 0 spiro atoms. The number of para-hydroxylation sites is 2. The van der Waals surface area contributed by atoms with Crippen molar-refractivity contribution in [1.29, 1.82) is 0 Å². The maximum atomic E-state index is 7.08. The lowest BCUT2D eigenvalue weighted by atomic mass is 9.34. The minimum atomic E-state index is -0.0879. The Morgan fingerprint density at radius 2 is 0.717 bits per heavy atom. The molecule has 0 amide bonds. The average molecular weight is 770 g/mol. The first-order valence-electron chi connectivity index (χ1n) is 20.6. The van der Waals surface area contributed by atoms with Crippen LogP contribution in [0.4, 0.5) is 17.1 Å². The summed E-state index contributed by atoms with van der Waals surface area (Å²) >= 11 is 0. The van der Waals surface area contributed by atoms with Gasteiger partial charge in [0.1, 0.15) is 23.0 Å². The second-order valence-electron chi connectivity index (χ2n) is 15.7. The highest BCUT2D eigenvalue weighted by molar-refractivity contribution is 6.98. The summed E-state index contributed by atoms with van der Waals surface area (Å²) in [6.07, 6.45) is 0. The Kier molecular flexibility index (Phi) is 8.71. The monoisotopic (exact) mass is 769 g/mol. The summed E-state index contributed by atoms with van der Waals surface area (Å²) < 4.78 is 14.2. The third-order valence-corrected chi connectivity index (χ3v) is 12.2. The van der Waals surface area contributed by atoms with E-state index in [2.05, 4.69) is 225 Å². The first-order chi connectivity index (χ1) is 29.6.